The number of hydrogen-bond acceptors (Lipinski definition) is 1. The van der Waals surface area contributed by atoms with Crippen LogP contribution in [0.5, 0.6) is 5.75 Å². The molecule has 0 radical (unpaired) electrons. The Kier molecular flexibility index (Phi) is 7.02. The maximum Gasteiger partial charge on any atom is 0.123 e. The van der Waals surface area contributed by atoms with Crippen molar-refractivity contribution >= 4 is 24.3 Å². The number of phenols is 1. The summed E-state index contributed by atoms with van der Waals surface area (Å²) in [5.74, 6) is 0.285. The number of aromatic hydroxyl groups is 1. The van der Waals surface area contributed by atoms with Crippen molar-refractivity contribution in [3.63, 3.8) is 0 Å². The van der Waals surface area contributed by atoms with Crippen molar-refractivity contribution in [3.8, 4) is 5.75 Å². The van der Waals surface area contributed by atoms with Crippen molar-refractivity contribution in [2.75, 3.05) is 0 Å². The molecule has 124 valence electrons. The molecule has 0 heterocycles. The molecule has 0 atom stereocenters. The first kappa shape index (κ1) is 18.0. The van der Waals surface area contributed by atoms with Gasteiger partial charge in [-0.2, -0.15) is 0 Å². The summed E-state index contributed by atoms with van der Waals surface area (Å²) in [6, 6.07) is 25.8. The van der Waals surface area contributed by atoms with E-state index in [1.54, 1.807) is 6.07 Å². The highest BCUT2D eigenvalue weighted by Gasteiger charge is 2.02. The normalized spacial score (nSPS) is 10.6. The van der Waals surface area contributed by atoms with E-state index in [1.807, 2.05) is 78.9 Å². The van der Waals surface area contributed by atoms with Crippen LogP contribution in [0.4, 0.5) is 0 Å². The molecule has 0 unspecified atom stereocenters. The van der Waals surface area contributed by atoms with Crippen LogP contribution in [-0.2, 0) is 0 Å². The van der Waals surface area contributed by atoms with Gasteiger partial charge in [0, 0.05) is 5.56 Å². The summed E-state index contributed by atoms with van der Waals surface area (Å²) in [5, 5.41) is 10.2. The molecule has 0 aliphatic rings. The quantitative estimate of drug-likeness (QED) is 0.426. The minimum absolute atomic E-state index is 0.285. The second kappa shape index (κ2) is 9.74. The molecular formula is C24H22O. The van der Waals surface area contributed by atoms with E-state index in [1.165, 1.54) is 0 Å². The molecule has 0 fully saturated rings. The molecule has 0 aromatic heterocycles. The van der Waals surface area contributed by atoms with Gasteiger partial charge in [0.15, 0.2) is 0 Å². The third kappa shape index (κ3) is 5.36. The van der Waals surface area contributed by atoms with Crippen molar-refractivity contribution in [1.82, 2.24) is 0 Å². The molecule has 0 amide bonds. The van der Waals surface area contributed by atoms with Gasteiger partial charge in [0.1, 0.15) is 5.75 Å². The van der Waals surface area contributed by atoms with Crippen LogP contribution in [-0.4, -0.2) is 5.11 Å². The number of benzene rings is 3. The number of rotatable bonds is 4. The molecule has 3 rings (SSSR count). The molecule has 0 saturated carbocycles. The van der Waals surface area contributed by atoms with Crippen LogP contribution in [0.15, 0.2) is 92.0 Å². The zero-order valence-electron chi connectivity index (χ0n) is 14.2. The van der Waals surface area contributed by atoms with Gasteiger partial charge in [-0.15, -0.1) is 13.2 Å². The third-order valence-electron chi connectivity index (χ3n) is 3.61. The first-order valence-corrected chi connectivity index (χ1v) is 8.11. The Labute approximate surface area is 149 Å². The summed E-state index contributed by atoms with van der Waals surface area (Å²) in [4.78, 5) is 0. The van der Waals surface area contributed by atoms with Crippen LogP contribution in [0.3, 0.4) is 0 Å². The Bertz CT molecular complexity index is 830. The summed E-state index contributed by atoms with van der Waals surface area (Å²) in [6.07, 6.45) is 8.04. The van der Waals surface area contributed by atoms with E-state index in [0.717, 1.165) is 22.3 Å². The van der Waals surface area contributed by atoms with Gasteiger partial charge in [0.2, 0.25) is 0 Å². The first-order chi connectivity index (χ1) is 12.3. The van der Waals surface area contributed by atoms with Crippen molar-refractivity contribution in [3.05, 3.63) is 114 Å². The second-order valence-corrected chi connectivity index (χ2v) is 5.27. The summed E-state index contributed by atoms with van der Waals surface area (Å²) in [5.41, 5.74) is 4.05. The lowest BCUT2D eigenvalue weighted by atomic mass is 10.0. The molecule has 1 heteroatoms. The molecule has 0 aliphatic heterocycles. The lowest BCUT2D eigenvalue weighted by molar-refractivity contribution is 0.474. The highest BCUT2D eigenvalue weighted by Crippen LogP contribution is 2.25. The van der Waals surface area contributed by atoms with Gasteiger partial charge in [-0.3, -0.25) is 0 Å². The van der Waals surface area contributed by atoms with E-state index in [2.05, 4.69) is 31.4 Å². The maximum absolute atomic E-state index is 10.2. The van der Waals surface area contributed by atoms with Gasteiger partial charge in [0.05, 0.1) is 0 Å². The fourth-order valence-corrected chi connectivity index (χ4v) is 2.39. The first-order valence-electron chi connectivity index (χ1n) is 8.11. The van der Waals surface area contributed by atoms with E-state index >= 15 is 0 Å². The minimum atomic E-state index is 0.285. The van der Waals surface area contributed by atoms with Gasteiger partial charge in [-0.25, -0.2) is 0 Å². The summed E-state index contributed by atoms with van der Waals surface area (Å²) >= 11 is 0. The molecule has 3 aromatic carbocycles. The van der Waals surface area contributed by atoms with Gasteiger partial charge in [-0.1, -0.05) is 97.1 Å². The Balaban J connectivity index is 0.00000109. The summed E-state index contributed by atoms with van der Waals surface area (Å²) in [7, 11) is 0. The van der Waals surface area contributed by atoms with Gasteiger partial charge in [-0.05, 0) is 22.8 Å². The highest BCUT2D eigenvalue weighted by atomic mass is 16.3. The average molecular weight is 326 g/mol. The van der Waals surface area contributed by atoms with E-state index < -0.39 is 0 Å². The second-order valence-electron chi connectivity index (χ2n) is 5.27. The van der Waals surface area contributed by atoms with E-state index in [9.17, 15) is 5.11 Å². The number of phenolic OH excluding ortho intramolecular Hbond substituents is 1. The molecule has 0 aliphatic carbocycles. The Hall–Kier alpha value is -3.32. The minimum Gasteiger partial charge on any atom is -0.507 e. The SMILES string of the molecule is C=C.Oc1cccc(C=Cc2ccccc2)c1C=Cc1ccccc1. The molecule has 3 aromatic rings. The Morgan fingerprint density at radius 2 is 1.08 bits per heavy atom. The topological polar surface area (TPSA) is 20.2 Å². The lowest BCUT2D eigenvalue weighted by Gasteiger charge is -2.04. The smallest absolute Gasteiger partial charge is 0.123 e. The fourth-order valence-electron chi connectivity index (χ4n) is 2.39. The van der Waals surface area contributed by atoms with Crippen molar-refractivity contribution in [2.45, 2.75) is 0 Å². The standard InChI is InChI=1S/C22H18O.C2H4/c23-22-13-7-12-20(16-14-18-8-3-1-4-9-18)21(22)17-15-19-10-5-2-6-11-19;1-2/h1-17,23H;1-2H2. The lowest BCUT2D eigenvalue weighted by Crippen LogP contribution is -1.82. The van der Waals surface area contributed by atoms with Crippen molar-refractivity contribution in [2.24, 2.45) is 0 Å². The van der Waals surface area contributed by atoms with E-state index in [4.69, 9.17) is 0 Å². The highest BCUT2D eigenvalue weighted by molar-refractivity contribution is 5.81. The van der Waals surface area contributed by atoms with E-state index in [0.29, 0.717) is 0 Å². The zero-order valence-corrected chi connectivity index (χ0v) is 14.2. The van der Waals surface area contributed by atoms with Crippen molar-refractivity contribution < 1.29 is 5.11 Å². The van der Waals surface area contributed by atoms with Crippen LogP contribution in [0.1, 0.15) is 22.3 Å². The van der Waals surface area contributed by atoms with Gasteiger partial charge < -0.3 is 5.11 Å². The largest absolute Gasteiger partial charge is 0.507 e. The third-order valence-corrected chi connectivity index (χ3v) is 3.61. The monoisotopic (exact) mass is 326 g/mol. The molecular weight excluding hydrogens is 304 g/mol. The molecule has 25 heavy (non-hydrogen) atoms. The van der Waals surface area contributed by atoms with Crippen LogP contribution >= 0.6 is 0 Å². The van der Waals surface area contributed by atoms with E-state index in [-0.39, 0.29) is 5.75 Å². The predicted octanol–water partition coefficient (Wildman–Crippen LogP) is 6.54. The summed E-state index contributed by atoms with van der Waals surface area (Å²) < 4.78 is 0. The van der Waals surface area contributed by atoms with Crippen molar-refractivity contribution in [1.29, 1.82) is 0 Å². The molecule has 0 saturated heterocycles. The average Bonchev–Trinajstić information content (AvgIpc) is 2.69. The fraction of sp³-hybridized carbons (Fsp3) is 0. The molecule has 0 bridgehead atoms. The Morgan fingerprint density at radius 1 is 0.560 bits per heavy atom. The zero-order chi connectivity index (χ0) is 17.9. The Morgan fingerprint density at radius 3 is 1.64 bits per heavy atom. The van der Waals surface area contributed by atoms with Crippen LogP contribution < -0.4 is 0 Å². The molecule has 1 N–H and O–H groups in total. The predicted molar refractivity (Wildman–Crippen MR) is 110 cm³/mol. The van der Waals surface area contributed by atoms with Gasteiger partial charge in [0.25, 0.3) is 0 Å². The molecule has 1 nitrogen and oxygen atoms in total. The van der Waals surface area contributed by atoms with Crippen LogP contribution in [0.25, 0.3) is 24.3 Å². The van der Waals surface area contributed by atoms with Crippen LogP contribution in [0, 0.1) is 0 Å². The van der Waals surface area contributed by atoms with Gasteiger partial charge >= 0.3 is 0 Å². The summed E-state index contributed by atoms with van der Waals surface area (Å²) in [6.45, 7) is 6.00. The number of hydrogen-bond donors (Lipinski definition) is 1. The maximum atomic E-state index is 10.2. The molecule has 0 spiro atoms. The van der Waals surface area contributed by atoms with Crippen LogP contribution in [0.2, 0.25) is 0 Å².